The molecule has 0 bridgehead atoms. The van der Waals surface area contributed by atoms with Gasteiger partial charge in [0.25, 0.3) is 0 Å². The molecule has 0 saturated carbocycles. The van der Waals surface area contributed by atoms with Crippen molar-refractivity contribution in [1.82, 2.24) is 5.32 Å². The topological polar surface area (TPSA) is 81.7 Å². The summed E-state index contributed by atoms with van der Waals surface area (Å²) < 4.78 is 9.18. The van der Waals surface area contributed by atoms with E-state index in [1.165, 1.54) is 0 Å². The predicted molar refractivity (Wildman–Crippen MR) is 55.7 cm³/mol. The summed E-state index contributed by atoms with van der Waals surface area (Å²) in [4.78, 5) is 31.5. The zero-order valence-corrected chi connectivity index (χ0v) is 10.1. The molecule has 0 aliphatic carbocycles. The fourth-order valence-electron chi connectivity index (χ4n) is 0.889. The average Bonchev–Trinajstić information content (AvgIpc) is 2.17. The molecule has 0 aromatic rings. The highest BCUT2D eigenvalue weighted by molar-refractivity contribution is 6.45. The van der Waals surface area contributed by atoms with Crippen LogP contribution in [0.2, 0.25) is 0 Å². The van der Waals surface area contributed by atoms with Crippen molar-refractivity contribution in [3.05, 3.63) is 0 Å². The highest BCUT2D eigenvalue weighted by Crippen LogP contribution is 2.16. The van der Waals surface area contributed by atoms with Crippen LogP contribution in [-0.2, 0) is 23.9 Å². The van der Waals surface area contributed by atoms with Crippen LogP contribution in [0.25, 0.3) is 0 Å². The molecule has 0 atom stereocenters. The van der Waals surface area contributed by atoms with Crippen LogP contribution in [0.1, 0.15) is 20.8 Å². The van der Waals surface area contributed by atoms with E-state index in [-0.39, 0.29) is 13.2 Å². The number of carbonyl (C=O) groups is 3. The molecule has 16 heavy (non-hydrogen) atoms. The Morgan fingerprint density at radius 2 is 1.50 bits per heavy atom. The second kappa shape index (κ2) is 6.32. The molecule has 0 aromatic heterocycles. The Morgan fingerprint density at radius 1 is 1.12 bits per heavy atom. The molecular weight excluding hydrogens is 238 g/mol. The molecule has 0 aromatic carbocycles. The van der Waals surface area contributed by atoms with Gasteiger partial charge >= 0.3 is 16.9 Å². The summed E-state index contributed by atoms with van der Waals surface area (Å²) in [7, 11) is 0. The first-order chi connectivity index (χ1) is 7.38. The maximum atomic E-state index is 11.4. The maximum Gasteiger partial charge on any atom is 0.359 e. The monoisotopic (exact) mass is 251 g/mol. The lowest BCUT2D eigenvalue weighted by atomic mass is 10.3. The van der Waals surface area contributed by atoms with Gasteiger partial charge in [-0.2, -0.15) is 0 Å². The second-order valence-corrected chi connectivity index (χ2v) is 3.35. The summed E-state index contributed by atoms with van der Waals surface area (Å²) in [5, 5.41) is 2.00. The van der Waals surface area contributed by atoms with E-state index in [2.05, 4.69) is 9.47 Å². The zero-order chi connectivity index (χ0) is 12.8. The highest BCUT2D eigenvalue weighted by atomic mass is 35.5. The van der Waals surface area contributed by atoms with Gasteiger partial charge in [0.05, 0.1) is 13.2 Å². The van der Waals surface area contributed by atoms with Gasteiger partial charge in [0.1, 0.15) is 0 Å². The van der Waals surface area contributed by atoms with Gasteiger partial charge in [0, 0.05) is 6.92 Å². The van der Waals surface area contributed by atoms with Crippen LogP contribution in [0.4, 0.5) is 0 Å². The SMILES string of the molecule is CCOC(=O)C(Cl)(NC(C)=O)C(=O)OCC. The average molecular weight is 252 g/mol. The molecule has 1 amide bonds. The molecule has 0 aliphatic rings. The van der Waals surface area contributed by atoms with Crippen LogP contribution >= 0.6 is 11.6 Å². The summed E-state index contributed by atoms with van der Waals surface area (Å²) in [5.41, 5.74) is 0. The van der Waals surface area contributed by atoms with Crippen molar-refractivity contribution in [1.29, 1.82) is 0 Å². The van der Waals surface area contributed by atoms with Gasteiger partial charge in [0.2, 0.25) is 5.91 Å². The first-order valence-corrected chi connectivity index (χ1v) is 5.08. The quantitative estimate of drug-likeness (QED) is 0.326. The Labute approximate surface area is 98.2 Å². The van der Waals surface area contributed by atoms with Gasteiger partial charge in [-0.25, -0.2) is 9.59 Å². The molecule has 0 radical (unpaired) electrons. The van der Waals surface area contributed by atoms with Gasteiger partial charge in [-0.05, 0) is 13.8 Å². The van der Waals surface area contributed by atoms with Crippen LogP contribution in [0, 0.1) is 0 Å². The fourth-order valence-corrected chi connectivity index (χ4v) is 1.13. The minimum Gasteiger partial charge on any atom is -0.463 e. The predicted octanol–water partition coefficient (Wildman–Crippen LogP) is 0.184. The summed E-state index contributed by atoms with van der Waals surface area (Å²) in [5.74, 6) is -2.77. The number of alkyl halides is 1. The van der Waals surface area contributed by atoms with Crippen LogP contribution in [0.15, 0.2) is 0 Å². The molecule has 92 valence electrons. The Kier molecular flexibility index (Phi) is 5.81. The minimum atomic E-state index is -2.31. The number of amides is 1. The van der Waals surface area contributed by atoms with Gasteiger partial charge < -0.3 is 14.8 Å². The number of carbonyl (C=O) groups excluding carboxylic acids is 3. The van der Waals surface area contributed by atoms with Crippen molar-refractivity contribution in [2.24, 2.45) is 0 Å². The van der Waals surface area contributed by atoms with Gasteiger partial charge in [-0.15, -0.1) is 0 Å². The van der Waals surface area contributed by atoms with E-state index in [9.17, 15) is 14.4 Å². The van der Waals surface area contributed by atoms with Crippen LogP contribution in [0.3, 0.4) is 0 Å². The minimum absolute atomic E-state index is 0.0340. The van der Waals surface area contributed by atoms with E-state index in [1.54, 1.807) is 13.8 Å². The number of halogens is 1. The standard InChI is InChI=1S/C9H14ClNO5/c1-4-15-7(13)9(10,11-6(3)12)8(14)16-5-2/h4-5H2,1-3H3,(H,11,12). The number of hydrogen-bond donors (Lipinski definition) is 1. The van der Waals surface area contributed by atoms with E-state index >= 15 is 0 Å². The van der Waals surface area contributed by atoms with E-state index in [0.717, 1.165) is 6.92 Å². The fraction of sp³-hybridized carbons (Fsp3) is 0.667. The molecule has 0 unspecified atom stereocenters. The summed E-state index contributed by atoms with van der Waals surface area (Å²) in [6.07, 6.45) is 0. The van der Waals surface area contributed by atoms with Crippen molar-refractivity contribution in [2.75, 3.05) is 13.2 Å². The van der Waals surface area contributed by atoms with Crippen LogP contribution in [0.5, 0.6) is 0 Å². The van der Waals surface area contributed by atoms with E-state index in [4.69, 9.17) is 11.6 Å². The zero-order valence-electron chi connectivity index (χ0n) is 9.33. The van der Waals surface area contributed by atoms with E-state index in [1.807, 2.05) is 5.32 Å². The highest BCUT2D eigenvalue weighted by Gasteiger charge is 2.48. The lowest BCUT2D eigenvalue weighted by molar-refractivity contribution is -0.162. The van der Waals surface area contributed by atoms with Crippen LogP contribution < -0.4 is 5.32 Å². The number of esters is 2. The molecule has 7 heteroatoms. The molecule has 1 N–H and O–H groups in total. The number of ether oxygens (including phenoxy) is 2. The largest absolute Gasteiger partial charge is 0.463 e. The van der Waals surface area contributed by atoms with Gasteiger partial charge in [0.15, 0.2) is 0 Å². The number of rotatable bonds is 5. The van der Waals surface area contributed by atoms with E-state index in [0.29, 0.717) is 0 Å². The van der Waals surface area contributed by atoms with Gasteiger partial charge in [-0.3, -0.25) is 4.79 Å². The molecular formula is C9H14ClNO5. The summed E-state index contributed by atoms with van der Waals surface area (Å²) in [6, 6.07) is 0. The van der Waals surface area contributed by atoms with Crippen molar-refractivity contribution in [2.45, 2.75) is 25.8 Å². The Morgan fingerprint density at radius 3 is 1.75 bits per heavy atom. The Balaban J connectivity index is 4.93. The molecule has 0 aliphatic heterocycles. The van der Waals surface area contributed by atoms with Crippen molar-refractivity contribution >= 4 is 29.4 Å². The molecule has 0 fully saturated rings. The first-order valence-electron chi connectivity index (χ1n) is 4.70. The first kappa shape index (κ1) is 14.7. The maximum absolute atomic E-state index is 11.4. The van der Waals surface area contributed by atoms with Gasteiger partial charge in [-0.1, -0.05) is 11.6 Å². The third kappa shape index (κ3) is 3.69. The van der Waals surface area contributed by atoms with Crippen molar-refractivity contribution in [3.8, 4) is 0 Å². The number of hydrogen-bond acceptors (Lipinski definition) is 5. The molecule has 0 heterocycles. The molecule has 0 spiro atoms. The molecule has 0 saturated heterocycles. The smallest absolute Gasteiger partial charge is 0.359 e. The van der Waals surface area contributed by atoms with Crippen LogP contribution in [-0.4, -0.2) is 36.1 Å². The molecule has 0 rings (SSSR count). The third-order valence-electron chi connectivity index (χ3n) is 1.46. The summed E-state index contributed by atoms with van der Waals surface area (Å²) >= 11 is 5.71. The normalized spacial score (nSPS) is 10.5. The second-order valence-electron chi connectivity index (χ2n) is 2.78. The van der Waals surface area contributed by atoms with Crippen molar-refractivity contribution in [3.63, 3.8) is 0 Å². The Bertz CT molecular complexity index is 274. The Hall–Kier alpha value is -1.30. The lowest BCUT2D eigenvalue weighted by Crippen LogP contribution is -2.56. The lowest BCUT2D eigenvalue weighted by Gasteiger charge is -2.22. The summed E-state index contributed by atoms with van der Waals surface area (Å²) in [6.45, 7) is 4.29. The van der Waals surface area contributed by atoms with Crippen molar-refractivity contribution < 1.29 is 23.9 Å². The number of nitrogens with one attached hydrogen (secondary N) is 1. The third-order valence-corrected chi connectivity index (χ3v) is 1.86. The molecule has 6 nitrogen and oxygen atoms in total. The van der Waals surface area contributed by atoms with E-state index < -0.39 is 22.8 Å².